The number of hydrogen-bond acceptors (Lipinski definition) is 4. The fraction of sp³-hybridized carbons (Fsp3) is 0.176. The first kappa shape index (κ1) is 16.1. The first-order valence-electron chi connectivity index (χ1n) is 7.46. The number of benzene rings is 1. The normalized spacial score (nSPS) is 10.8. The van der Waals surface area contributed by atoms with Crippen LogP contribution in [0.1, 0.15) is 23.1 Å². The molecule has 0 spiro atoms. The average molecular weight is 343 g/mol. The van der Waals surface area contributed by atoms with Crippen LogP contribution < -0.4 is 5.56 Å². The predicted molar refractivity (Wildman–Crippen MR) is 92.0 cm³/mol. The third-order valence-corrected chi connectivity index (χ3v) is 3.89. The fourth-order valence-corrected chi connectivity index (χ4v) is 2.59. The molecule has 1 N–H and O–H groups in total. The van der Waals surface area contributed by atoms with E-state index >= 15 is 0 Å². The zero-order chi connectivity index (χ0) is 17.1. The average Bonchev–Trinajstić information content (AvgIpc) is 2.59. The number of fused-ring (bicyclic) bond motifs is 1. The van der Waals surface area contributed by atoms with Crippen LogP contribution in [0.3, 0.4) is 0 Å². The lowest BCUT2D eigenvalue weighted by molar-refractivity contribution is 0.0748. The van der Waals surface area contributed by atoms with Crippen molar-refractivity contribution in [2.24, 2.45) is 0 Å². The third-order valence-electron chi connectivity index (χ3n) is 3.65. The molecule has 2 aromatic heterocycles. The van der Waals surface area contributed by atoms with Gasteiger partial charge >= 0.3 is 0 Å². The molecule has 0 atom stereocenters. The van der Waals surface area contributed by atoms with Crippen LogP contribution in [0.15, 0.2) is 47.5 Å². The molecule has 7 heteroatoms. The Labute approximate surface area is 143 Å². The molecule has 0 unspecified atom stereocenters. The Balaban J connectivity index is 1.92. The molecule has 0 saturated heterocycles. The summed E-state index contributed by atoms with van der Waals surface area (Å²) in [5, 5.41) is 0.971. The van der Waals surface area contributed by atoms with Gasteiger partial charge in [0.25, 0.3) is 11.5 Å². The molecule has 24 heavy (non-hydrogen) atoms. The van der Waals surface area contributed by atoms with Crippen LogP contribution in [-0.2, 0) is 6.54 Å². The smallest absolute Gasteiger partial charge is 0.258 e. The Morgan fingerprint density at radius 2 is 2.00 bits per heavy atom. The van der Waals surface area contributed by atoms with Crippen LogP contribution in [0.5, 0.6) is 0 Å². The number of amides is 1. The number of carbonyl (C=O) groups is 1. The quantitative estimate of drug-likeness (QED) is 0.790. The topological polar surface area (TPSA) is 79.0 Å². The van der Waals surface area contributed by atoms with Crippen molar-refractivity contribution in [3.63, 3.8) is 0 Å². The molecule has 2 heterocycles. The van der Waals surface area contributed by atoms with Gasteiger partial charge in [0.1, 0.15) is 5.82 Å². The Bertz CT molecular complexity index is 940. The second-order valence-electron chi connectivity index (χ2n) is 5.23. The first-order valence-corrected chi connectivity index (χ1v) is 7.84. The number of hydrogen-bond donors (Lipinski definition) is 1. The monoisotopic (exact) mass is 342 g/mol. The molecule has 0 aliphatic carbocycles. The van der Waals surface area contributed by atoms with Crippen molar-refractivity contribution in [2.75, 3.05) is 6.54 Å². The van der Waals surface area contributed by atoms with E-state index in [0.717, 1.165) is 0 Å². The fourth-order valence-electron chi connectivity index (χ4n) is 2.42. The minimum atomic E-state index is -0.251. The highest BCUT2D eigenvalue weighted by Gasteiger charge is 2.16. The maximum absolute atomic E-state index is 12.5. The van der Waals surface area contributed by atoms with Crippen LogP contribution in [0.4, 0.5) is 0 Å². The number of rotatable bonds is 4. The van der Waals surface area contributed by atoms with Crippen molar-refractivity contribution in [2.45, 2.75) is 13.5 Å². The van der Waals surface area contributed by atoms with Crippen molar-refractivity contribution in [3.05, 3.63) is 69.5 Å². The van der Waals surface area contributed by atoms with Crippen LogP contribution >= 0.6 is 11.6 Å². The van der Waals surface area contributed by atoms with Crippen LogP contribution in [0.2, 0.25) is 5.02 Å². The van der Waals surface area contributed by atoms with Gasteiger partial charge in [-0.05, 0) is 37.3 Å². The number of nitrogens with zero attached hydrogens (tertiary/aromatic N) is 3. The molecule has 0 aliphatic rings. The van der Waals surface area contributed by atoms with Crippen molar-refractivity contribution in [1.82, 2.24) is 19.9 Å². The molecule has 3 aromatic rings. The highest BCUT2D eigenvalue weighted by atomic mass is 35.5. The van der Waals surface area contributed by atoms with E-state index in [4.69, 9.17) is 11.6 Å². The molecule has 1 amide bonds. The van der Waals surface area contributed by atoms with Crippen molar-refractivity contribution in [3.8, 4) is 0 Å². The van der Waals surface area contributed by atoms with Gasteiger partial charge in [0.15, 0.2) is 0 Å². The maximum Gasteiger partial charge on any atom is 0.258 e. The van der Waals surface area contributed by atoms with Gasteiger partial charge in [-0.15, -0.1) is 0 Å². The molecular formula is C17H15ClN4O2. The summed E-state index contributed by atoms with van der Waals surface area (Å²) < 4.78 is 0. The molecular weight excluding hydrogens is 328 g/mol. The highest BCUT2D eigenvalue weighted by Crippen LogP contribution is 2.15. The minimum Gasteiger partial charge on any atom is -0.331 e. The summed E-state index contributed by atoms with van der Waals surface area (Å²) in [6.45, 7) is 2.56. The molecule has 122 valence electrons. The van der Waals surface area contributed by atoms with E-state index in [1.807, 2.05) is 6.92 Å². The highest BCUT2D eigenvalue weighted by molar-refractivity contribution is 6.31. The van der Waals surface area contributed by atoms with Gasteiger partial charge in [-0.3, -0.25) is 14.6 Å². The summed E-state index contributed by atoms with van der Waals surface area (Å²) in [7, 11) is 0. The largest absolute Gasteiger partial charge is 0.331 e. The Morgan fingerprint density at radius 3 is 2.71 bits per heavy atom. The maximum atomic E-state index is 12.5. The van der Waals surface area contributed by atoms with Crippen LogP contribution in [0.25, 0.3) is 10.9 Å². The van der Waals surface area contributed by atoms with Crippen molar-refractivity contribution >= 4 is 28.4 Å². The number of H-pyrrole nitrogens is 1. The number of aromatic nitrogens is 3. The standard InChI is InChI=1S/C17H15ClN4O2/c1-2-22(17(24)11-5-7-19-8-6-11)10-15-20-14-9-12(18)3-4-13(14)16(23)21-15/h3-9H,2,10H2,1H3,(H,20,21,23). The van der Waals surface area contributed by atoms with E-state index < -0.39 is 0 Å². The van der Waals surface area contributed by atoms with E-state index in [0.29, 0.717) is 33.9 Å². The van der Waals surface area contributed by atoms with Gasteiger partial charge in [0.2, 0.25) is 0 Å². The van der Waals surface area contributed by atoms with E-state index in [-0.39, 0.29) is 18.0 Å². The van der Waals surface area contributed by atoms with Crippen LogP contribution in [-0.4, -0.2) is 32.3 Å². The second-order valence-corrected chi connectivity index (χ2v) is 5.67. The zero-order valence-electron chi connectivity index (χ0n) is 13.0. The first-order chi connectivity index (χ1) is 11.6. The summed E-state index contributed by atoms with van der Waals surface area (Å²) in [5.74, 6) is 0.271. The summed E-state index contributed by atoms with van der Waals surface area (Å²) in [6.07, 6.45) is 3.14. The summed E-state index contributed by atoms with van der Waals surface area (Å²) >= 11 is 5.96. The van der Waals surface area contributed by atoms with Gasteiger partial charge in [-0.25, -0.2) is 4.98 Å². The summed E-state index contributed by atoms with van der Waals surface area (Å²) in [4.78, 5) is 37.4. The number of halogens is 1. The van der Waals surface area contributed by atoms with Gasteiger partial charge in [0, 0.05) is 29.5 Å². The van der Waals surface area contributed by atoms with Gasteiger partial charge < -0.3 is 9.88 Å². The Hall–Kier alpha value is -2.73. The van der Waals surface area contributed by atoms with E-state index in [9.17, 15) is 9.59 Å². The van der Waals surface area contributed by atoms with Crippen molar-refractivity contribution in [1.29, 1.82) is 0 Å². The molecule has 3 rings (SSSR count). The van der Waals surface area contributed by atoms with E-state index in [1.54, 1.807) is 47.6 Å². The number of nitrogens with one attached hydrogen (secondary N) is 1. The molecule has 0 radical (unpaired) electrons. The lowest BCUT2D eigenvalue weighted by Gasteiger charge is -2.20. The van der Waals surface area contributed by atoms with Crippen LogP contribution in [0, 0.1) is 0 Å². The van der Waals surface area contributed by atoms with E-state index in [2.05, 4.69) is 15.0 Å². The minimum absolute atomic E-state index is 0.145. The third kappa shape index (κ3) is 3.28. The molecule has 0 bridgehead atoms. The molecule has 0 aliphatic heterocycles. The van der Waals surface area contributed by atoms with Crippen molar-refractivity contribution < 1.29 is 4.79 Å². The predicted octanol–water partition coefficient (Wildman–Crippen LogP) is 2.63. The molecule has 0 saturated carbocycles. The van der Waals surface area contributed by atoms with Gasteiger partial charge in [-0.2, -0.15) is 0 Å². The molecule has 6 nitrogen and oxygen atoms in total. The molecule has 0 fully saturated rings. The number of aromatic amines is 1. The lowest BCUT2D eigenvalue weighted by atomic mass is 10.2. The van der Waals surface area contributed by atoms with Gasteiger partial charge in [-0.1, -0.05) is 11.6 Å². The summed E-state index contributed by atoms with van der Waals surface area (Å²) in [5.41, 5.74) is 0.797. The molecule has 1 aromatic carbocycles. The van der Waals surface area contributed by atoms with Gasteiger partial charge in [0.05, 0.1) is 17.4 Å². The Morgan fingerprint density at radius 1 is 1.25 bits per heavy atom. The summed E-state index contributed by atoms with van der Waals surface area (Å²) in [6, 6.07) is 8.22. The van der Waals surface area contributed by atoms with E-state index in [1.165, 1.54) is 0 Å². The lowest BCUT2D eigenvalue weighted by Crippen LogP contribution is -2.32. The number of pyridine rings is 1. The second kappa shape index (κ2) is 6.80. The zero-order valence-corrected chi connectivity index (χ0v) is 13.7. The SMILES string of the molecule is CCN(Cc1nc2cc(Cl)ccc2c(=O)[nH]1)C(=O)c1ccncc1. The Kier molecular flexibility index (Phi) is 4.57. The number of carbonyl (C=O) groups excluding carboxylic acids is 1.